The molecule has 2 heterocycles. The number of carbonyl (C=O) groups is 2. The molecule has 3 aromatic rings. The van der Waals surface area contributed by atoms with Crippen molar-refractivity contribution in [3.8, 4) is 0 Å². The Labute approximate surface area is 144 Å². The molecular weight excluding hydrogens is 322 g/mol. The first-order valence-corrected chi connectivity index (χ1v) is 8.00. The highest BCUT2D eigenvalue weighted by Crippen LogP contribution is 2.20. The molecule has 2 aromatic heterocycles. The second-order valence-corrected chi connectivity index (χ2v) is 5.72. The highest BCUT2D eigenvalue weighted by Gasteiger charge is 2.18. The fourth-order valence-corrected chi connectivity index (χ4v) is 2.82. The third kappa shape index (κ3) is 3.37. The van der Waals surface area contributed by atoms with Gasteiger partial charge in [0.2, 0.25) is 5.91 Å². The van der Waals surface area contributed by atoms with Gasteiger partial charge in [0.1, 0.15) is 12.4 Å². The molecule has 1 unspecified atom stereocenters. The van der Waals surface area contributed by atoms with Crippen molar-refractivity contribution in [1.82, 2.24) is 24.6 Å². The first-order valence-electron chi connectivity index (χ1n) is 8.00. The minimum atomic E-state index is -1.07. The van der Waals surface area contributed by atoms with Gasteiger partial charge in [-0.3, -0.25) is 9.48 Å². The number of carboxylic acid groups (broad SMARTS) is 1. The number of hydrogen-bond acceptors (Lipinski definition) is 4. The summed E-state index contributed by atoms with van der Waals surface area (Å²) < 4.78 is 3.37. The van der Waals surface area contributed by atoms with Gasteiger partial charge in [0.15, 0.2) is 0 Å². The molecule has 0 aliphatic carbocycles. The van der Waals surface area contributed by atoms with Crippen LogP contribution in [0.25, 0.3) is 11.0 Å². The number of para-hydroxylation sites is 2. The summed E-state index contributed by atoms with van der Waals surface area (Å²) in [6.45, 7) is 4.60. The number of benzene rings is 1. The van der Waals surface area contributed by atoms with Crippen molar-refractivity contribution in [2.45, 2.75) is 33.0 Å². The van der Waals surface area contributed by atoms with Crippen LogP contribution < -0.4 is 5.32 Å². The van der Waals surface area contributed by atoms with E-state index in [-0.39, 0.29) is 24.1 Å². The number of imidazole rings is 1. The van der Waals surface area contributed by atoms with Gasteiger partial charge < -0.3 is 15.0 Å². The summed E-state index contributed by atoms with van der Waals surface area (Å²) in [6.07, 6.45) is 2.55. The number of aromatic nitrogens is 4. The Morgan fingerprint density at radius 2 is 2.08 bits per heavy atom. The van der Waals surface area contributed by atoms with E-state index in [2.05, 4.69) is 20.0 Å². The minimum absolute atomic E-state index is 0.0497. The topological polar surface area (TPSA) is 102 Å². The van der Waals surface area contributed by atoms with Crippen LogP contribution in [0.1, 0.15) is 36.1 Å². The average Bonchev–Trinajstić information content (AvgIpc) is 3.18. The van der Waals surface area contributed by atoms with Gasteiger partial charge in [-0.25, -0.2) is 9.78 Å². The summed E-state index contributed by atoms with van der Waals surface area (Å²) in [5.41, 5.74) is 1.96. The second kappa shape index (κ2) is 6.76. The summed E-state index contributed by atoms with van der Waals surface area (Å²) in [7, 11) is 0. The number of aryl methyl sites for hydroxylation is 1. The van der Waals surface area contributed by atoms with Crippen LogP contribution in [0.5, 0.6) is 0 Å². The maximum atomic E-state index is 12.2. The standard InChI is InChI=1S/C17H19N5O3/c1-3-22-14-7-5-4-6-13(14)20-16(22)11(2)19-15(23)10-21-9-12(8-18-21)17(24)25/h4-9,11H,3,10H2,1-2H3,(H,19,23)(H,24,25). The van der Waals surface area contributed by atoms with Gasteiger partial charge in [-0.05, 0) is 26.0 Å². The van der Waals surface area contributed by atoms with E-state index in [0.29, 0.717) is 0 Å². The predicted octanol–water partition coefficient (Wildman–Crippen LogP) is 1.83. The maximum absolute atomic E-state index is 12.2. The summed E-state index contributed by atoms with van der Waals surface area (Å²) in [4.78, 5) is 27.7. The van der Waals surface area contributed by atoms with Crippen LogP contribution in [0.15, 0.2) is 36.7 Å². The van der Waals surface area contributed by atoms with Crippen molar-refractivity contribution >= 4 is 22.9 Å². The van der Waals surface area contributed by atoms with Crippen LogP contribution in [0.4, 0.5) is 0 Å². The minimum Gasteiger partial charge on any atom is -0.478 e. The number of carboxylic acids is 1. The molecule has 0 aliphatic rings. The van der Waals surface area contributed by atoms with Gasteiger partial charge in [0, 0.05) is 12.7 Å². The van der Waals surface area contributed by atoms with Gasteiger partial charge in [-0.2, -0.15) is 5.10 Å². The molecule has 0 spiro atoms. The molecule has 8 nitrogen and oxygen atoms in total. The molecule has 0 saturated heterocycles. The van der Waals surface area contributed by atoms with E-state index >= 15 is 0 Å². The third-order valence-corrected chi connectivity index (χ3v) is 3.95. The zero-order chi connectivity index (χ0) is 18.0. The van der Waals surface area contributed by atoms with Gasteiger partial charge >= 0.3 is 5.97 Å². The van der Waals surface area contributed by atoms with Crippen LogP contribution in [0, 0.1) is 0 Å². The van der Waals surface area contributed by atoms with E-state index in [0.717, 1.165) is 23.4 Å². The number of amides is 1. The molecule has 0 radical (unpaired) electrons. The lowest BCUT2D eigenvalue weighted by atomic mass is 10.3. The van der Waals surface area contributed by atoms with E-state index in [1.165, 1.54) is 17.1 Å². The first kappa shape index (κ1) is 16.7. The fraction of sp³-hybridized carbons (Fsp3) is 0.294. The zero-order valence-corrected chi connectivity index (χ0v) is 14.0. The van der Waals surface area contributed by atoms with Crippen molar-refractivity contribution in [3.05, 3.63) is 48.0 Å². The number of carbonyl (C=O) groups excluding carboxylic acids is 1. The van der Waals surface area contributed by atoms with Crippen molar-refractivity contribution in [3.63, 3.8) is 0 Å². The number of aromatic carboxylic acids is 1. The number of fused-ring (bicyclic) bond motifs is 1. The zero-order valence-electron chi connectivity index (χ0n) is 14.0. The van der Waals surface area contributed by atoms with Crippen molar-refractivity contribution < 1.29 is 14.7 Å². The highest BCUT2D eigenvalue weighted by molar-refractivity contribution is 5.87. The van der Waals surface area contributed by atoms with Gasteiger partial charge in [-0.1, -0.05) is 12.1 Å². The lowest BCUT2D eigenvalue weighted by molar-refractivity contribution is -0.122. The third-order valence-electron chi connectivity index (χ3n) is 3.95. The summed E-state index contributed by atoms with van der Waals surface area (Å²) in [5, 5.41) is 15.7. The Bertz CT molecular complexity index is 927. The van der Waals surface area contributed by atoms with Crippen LogP contribution in [-0.2, 0) is 17.9 Å². The van der Waals surface area contributed by atoms with Gasteiger partial charge in [0.05, 0.1) is 28.8 Å². The lowest BCUT2D eigenvalue weighted by Crippen LogP contribution is -2.31. The van der Waals surface area contributed by atoms with E-state index in [1.54, 1.807) is 0 Å². The van der Waals surface area contributed by atoms with Crippen molar-refractivity contribution in [2.24, 2.45) is 0 Å². The SMILES string of the molecule is CCn1c(C(C)NC(=O)Cn2cc(C(=O)O)cn2)nc2ccccc21. The smallest absolute Gasteiger partial charge is 0.338 e. The van der Waals surface area contributed by atoms with Crippen molar-refractivity contribution in [2.75, 3.05) is 0 Å². The Morgan fingerprint density at radius 3 is 2.76 bits per heavy atom. The lowest BCUT2D eigenvalue weighted by Gasteiger charge is -2.15. The van der Waals surface area contributed by atoms with Crippen LogP contribution in [-0.4, -0.2) is 36.3 Å². The Morgan fingerprint density at radius 1 is 1.32 bits per heavy atom. The molecule has 8 heteroatoms. The Balaban J connectivity index is 1.74. The maximum Gasteiger partial charge on any atom is 0.338 e. The van der Waals surface area contributed by atoms with Crippen molar-refractivity contribution in [1.29, 1.82) is 0 Å². The number of nitrogens with one attached hydrogen (secondary N) is 1. The molecule has 0 bridgehead atoms. The number of hydrogen-bond donors (Lipinski definition) is 2. The summed E-state index contributed by atoms with van der Waals surface area (Å²) >= 11 is 0. The van der Waals surface area contributed by atoms with Crippen LogP contribution in [0.3, 0.4) is 0 Å². The summed E-state index contributed by atoms with van der Waals surface area (Å²) in [5.74, 6) is -0.553. The Kier molecular flexibility index (Phi) is 4.51. The molecule has 2 N–H and O–H groups in total. The quantitative estimate of drug-likeness (QED) is 0.712. The monoisotopic (exact) mass is 341 g/mol. The number of nitrogens with zero attached hydrogens (tertiary/aromatic N) is 4. The predicted molar refractivity (Wildman–Crippen MR) is 91.2 cm³/mol. The largest absolute Gasteiger partial charge is 0.478 e. The molecule has 130 valence electrons. The van der Waals surface area contributed by atoms with Gasteiger partial charge in [-0.15, -0.1) is 0 Å². The molecule has 0 aliphatic heterocycles. The highest BCUT2D eigenvalue weighted by atomic mass is 16.4. The van der Waals surface area contributed by atoms with Crippen LogP contribution >= 0.6 is 0 Å². The number of rotatable bonds is 6. The normalized spacial score (nSPS) is 12.2. The van der Waals surface area contributed by atoms with E-state index in [1.807, 2.05) is 38.1 Å². The first-order chi connectivity index (χ1) is 12.0. The molecule has 1 aromatic carbocycles. The molecular formula is C17H19N5O3. The fourth-order valence-electron chi connectivity index (χ4n) is 2.82. The Hall–Kier alpha value is -3.16. The van der Waals surface area contributed by atoms with E-state index in [9.17, 15) is 9.59 Å². The molecule has 3 rings (SSSR count). The summed E-state index contributed by atoms with van der Waals surface area (Å²) in [6, 6.07) is 7.55. The molecule has 0 fully saturated rings. The average molecular weight is 341 g/mol. The second-order valence-electron chi connectivity index (χ2n) is 5.72. The van der Waals surface area contributed by atoms with E-state index < -0.39 is 5.97 Å². The molecule has 0 saturated carbocycles. The molecule has 1 amide bonds. The molecule has 25 heavy (non-hydrogen) atoms. The van der Waals surface area contributed by atoms with Crippen LogP contribution in [0.2, 0.25) is 0 Å². The van der Waals surface area contributed by atoms with Gasteiger partial charge in [0.25, 0.3) is 0 Å². The van der Waals surface area contributed by atoms with E-state index in [4.69, 9.17) is 5.11 Å². The molecule has 1 atom stereocenters.